The number of hydrogen-bond acceptors (Lipinski definition) is 12. The average molecular weight is 1030 g/mol. The summed E-state index contributed by atoms with van der Waals surface area (Å²) < 4.78 is 76.6. The predicted molar refractivity (Wildman–Crippen MR) is 269 cm³/mol. The molecule has 0 bridgehead atoms. The molecular weight excluding hydrogens is 957 g/mol. The van der Waals surface area contributed by atoms with Gasteiger partial charge in [-0.1, -0.05) is 74.1 Å². The van der Waals surface area contributed by atoms with Crippen LogP contribution in [0.2, 0.25) is 0 Å². The molecule has 0 spiro atoms. The molecule has 4 N–H and O–H groups in total. The van der Waals surface area contributed by atoms with Crippen molar-refractivity contribution in [1.82, 2.24) is 25.6 Å². The maximum atomic E-state index is 14.6. The zero-order chi connectivity index (χ0) is 49.9. The summed E-state index contributed by atoms with van der Waals surface area (Å²) in [5, 5.41) is 13.3. The number of aryl methyl sites for hydroxylation is 2. The van der Waals surface area contributed by atoms with E-state index in [0.717, 1.165) is 86.6 Å². The number of fused-ring (bicyclic) bond motifs is 3. The molecule has 4 aromatic rings. The van der Waals surface area contributed by atoms with Crippen molar-refractivity contribution in [2.24, 2.45) is 0 Å². The number of ether oxygens (including phenoxy) is 2. The topological polar surface area (TPSA) is 233 Å². The number of urea groups is 1. The third kappa shape index (κ3) is 16.1. The number of sulfonamides is 1. The maximum absolute atomic E-state index is 14.6. The second-order valence-electron chi connectivity index (χ2n) is 17.9. The Morgan fingerprint density at radius 3 is 1.89 bits per heavy atom. The molecule has 2 aliphatic rings. The summed E-state index contributed by atoms with van der Waals surface area (Å²) in [5.41, 5.74) is 2.51. The monoisotopic (exact) mass is 1020 g/mol. The first-order valence-corrected chi connectivity index (χ1v) is 28.6. The molecule has 3 aromatic carbocycles. The van der Waals surface area contributed by atoms with Crippen LogP contribution in [0.25, 0.3) is 21.8 Å². The first-order chi connectivity index (χ1) is 33.7. The van der Waals surface area contributed by atoms with Gasteiger partial charge in [0.2, 0.25) is 22.8 Å². The molecule has 0 aliphatic carbocycles. The van der Waals surface area contributed by atoms with Crippen molar-refractivity contribution >= 4 is 77.5 Å². The molecule has 1 aromatic heterocycles. The van der Waals surface area contributed by atoms with E-state index in [1.807, 2.05) is 43.0 Å². The van der Waals surface area contributed by atoms with E-state index in [0.29, 0.717) is 79.2 Å². The standard InChI is InChI=1S/C50H68N6O11S3/c1-37-23-25-38(26-24-37)70(64,65)56(30-15-35-69(61,62)63)49(59)47-39-16-8-10-18-42(39)55(43-19-11-9-17-40(43)47)29-14-6-4-2-3-5-7-21-45(57)51-27-31-66-33-34-67-32-28-52-46(58)22-13-12-20-44-48-41(36-68-44)53-50(60)54-48/h8-11,16-19,23-26,41,44,48H,2-7,12-15,20-22,27-36H2,1H3,(H4-,51,52,53,54,57,58,60,61,62,63)/t41-,44-,48-/m0/s1. The highest BCUT2D eigenvalue weighted by Gasteiger charge is 2.42. The Hall–Kier alpha value is -4.86. The average Bonchev–Trinajstić information content (AvgIpc) is 3.89. The predicted octanol–water partition coefficient (Wildman–Crippen LogP) is 5.47. The Bertz CT molecular complexity index is 2560. The third-order valence-corrected chi connectivity index (χ3v) is 16.7. The number of carbonyl (C=O) groups is 4. The number of benzene rings is 3. The zero-order valence-electron chi connectivity index (χ0n) is 40.0. The summed E-state index contributed by atoms with van der Waals surface area (Å²) in [7, 11) is -9.10. The number of amides is 5. The SMILES string of the molecule is Cc1ccc(S(=O)(=O)N(CCCS(=O)(=O)[O-])C(=O)c2c3ccccc3[n+](CCCCCCCCCC(=O)NCCOCCOCCNC(=O)CCCC[C@@H]3SC[C@@H]4NC(=O)N[C@@H]43)c3ccccc23)cc1. The van der Waals surface area contributed by atoms with Crippen LogP contribution < -0.4 is 25.8 Å². The second-order valence-corrected chi connectivity index (χ2v) is 22.5. The van der Waals surface area contributed by atoms with Crippen molar-refractivity contribution < 1.29 is 54.6 Å². The smallest absolute Gasteiger partial charge is 0.315 e. The van der Waals surface area contributed by atoms with E-state index >= 15 is 0 Å². The lowest BCUT2D eigenvalue weighted by Gasteiger charge is -2.24. The van der Waals surface area contributed by atoms with E-state index in [-0.39, 0.29) is 46.8 Å². The molecule has 0 unspecified atom stereocenters. The molecular formula is C50H68N6O11S3. The lowest BCUT2D eigenvalue weighted by molar-refractivity contribution is -0.645. The highest BCUT2D eigenvalue weighted by molar-refractivity contribution is 8.00. The second kappa shape index (κ2) is 27.1. The number of carbonyl (C=O) groups excluding carboxylic acids is 4. The number of pyridine rings is 1. The summed E-state index contributed by atoms with van der Waals surface area (Å²) in [4.78, 5) is 50.6. The van der Waals surface area contributed by atoms with Crippen LogP contribution in [-0.4, -0.2) is 124 Å². The van der Waals surface area contributed by atoms with Crippen molar-refractivity contribution in [3.63, 3.8) is 0 Å². The Morgan fingerprint density at radius 1 is 0.729 bits per heavy atom. The molecule has 0 radical (unpaired) electrons. The highest BCUT2D eigenvalue weighted by Crippen LogP contribution is 2.33. The molecule has 2 fully saturated rings. The normalized spacial score (nSPS) is 16.8. The van der Waals surface area contributed by atoms with Crippen LogP contribution in [0, 0.1) is 6.92 Å². The molecule has 17 nitrogen and oxygen atoms in total. The number of para-hydroxylation sites is 2. The first kappa shape index (κ1) is 54.5. The summed E-state index contributed by atoms with van der Waals surface area (Å²) in [6.45, 7) is 4.42. The van der Waals surface area contributed by atoms with E-state index in [1.165, 1.54) is 12.1 Å². The van der Waals surface area contributed by atoms with Crippen LogP contribution >= 0.6 is 11.8 Å². The minimum atomic E-state index is -4.66. The van der Waals surface area contributed by atoms with Crippen LogP contribution in [0.4, 0.5) is 4.79 Å². The van der Waals surface area contributed by atoms with Gasteiger partial charge in [-0.2, -0.15) is 16.3 Å². The number of hydrogen-bond donors (Lipinski definition) is 4. The number of nitrogens with zero attached hydrogens (tertiary/aromatic N) is 2. The lowest BCUT2D eigenvalue weighted by atomic mass is 10.0. The van der Waals surface area contributed by atoms with Gasteiger partial charge in [-0.25, -0.2) is 25.9 Å². The minimum absolute atomic E-state index is 0.000707. The summed E-state index contributed by atoms with van der Waals surface area (Å²) in [6.07, 6.45) is 9.97. The van der Waals surface area contributed by atoms with Gasteiger partial charge in [0.1, 0.15) is 6.54 Å². The van der Waals surface area contributed by atoms with Gasteiger partial charge in [-0.05, 0) is 63.3 Å². The first-order valence-electron chi connectivity index (χ1n) is 24.5. The van der Waals surface area contributed by atoms with E-state index in [9.17, 15) is 40.6 Å². The van der Waals surface area contributed by atoms with Crippen LogP contribution in [0.3, 0.4) is 0 Å². The van der Waals surface area contributed by atoms with E-state index < -0.39 is 38.3 Å². The van der Waals surface area contributed by atoms with Crippen LogP contribution in [0.5, 0.6) is 0 Å². The molecule has 70 heavy (non-hydrogen) atoms. The fraction of sp³-hybridized carbons (Fsp3) is 0.540. The van der Waals surface area contributed by atoms with Crippen molar-refractivity contribution in [3.8, 4) is 0 Å². The quantitative estimate of drug-likeness (QED) is 0.0162. The molecule has 5 amide bonds. The molecule has 3 heterocycles. The fourth-order valence-electron chi connectivity index (χ4n) is 9.00. The van der Waals surface area contributed by atoms with Crippen molar-refractivity contribution in [3.05, 3.63) is 83.9 Å². The van der Waals surface area contributed by atoms with Crippen molar-refractivity contribution in [1.29, 1.82) is 0 Å². The molecule has 2 saturated heterocycles. The van der Waals surface area contributed by atoms with Gasteiger partial charge in [-0.15, -0.1) is 0 Å². The lowest BCUT2D eigenvalue weighted by Crippen LogP contribution is -2.40. The summed E-state index contributed by atoms with van der Waals surface area (Å²) in [5.74, 6) is -0.672. The van der Waals surface area contributed by atoms with Gasteiger partial charge in [0.05, 0.1) is 69.9 Å². The Balaban J connectivity index is 0.838. The van der Waals surface area contributed by atoms with E-state index in [4.69, 9.17) is 9.47 Å². The number of rotatable bonds is 31. The molecule has 2 aliphatic heterocycles. The third-order valence-electron chi connectivity index (χ3n) is 12.6. The van der Waals surface area contributed by atoms with Gasteiger partial charge < -0.3 is 35.3 Å². The number of nitrogens with one attached hydrogen (secondary N) is 4. The van der Waals surface area contributed by atoms with Crippen LogP contribution in [-0.2, 0) is 45.7 Å². The van der Waals surface area contributed by atoms with E-state index in [2.05, 4.69) is 25.8 Å². The molecule has 6 rings (SSSR count). The number of thioether (sulfide) groups is 1. The maximum Gasteiger partial charge on any atom is 0.315 e. The highest BCUT2D eigenvalue weighted by atomic mass is 32.2. The van der Waals surface area contributed by atoms with E-state index in [1.54, 1.807) is 36.4 Å². The molecule has 382 valence electrons. The van der Waals surface area contributed by atoms with Gasteiger partial charge >= 0.3 is 6.03 Å². The van der Waals surface area contributed by atoms with Gasteiger partial charge in [0, 0.05) is 67.8 Å². The Morgan fingerprint density at radius 2 is 1.29 bits per heavy atom. The Kier molecular flexibility index (Phi) is 21.1. The number of aromatic nitrogens is 1. The van der Waals surface area contributed by atoms with Crippen LogP contribution in [0.15, 0.2) is 77.7 Å². The minimum Gasteiger partial charge on any atom is -0.748 e. The Labute approximate surface area is 416 Å². The summed E-state index contributed by atoms with van der Waals surface area (Å²) in [6, 6.07) is 21.1. The zero-order valence-corrected chi connectivity index (χ0v) is 42.5. The van der Waals surface area contributed by atoms with Gasteiger partial charge in [-0.3, -0.25) is 14.4 Å². The van der Waals surface area contributed by atoms with Crippen molar-refractivity contribution in [2.75, 3.05) is 57.6 Å². The van der Waals surface area contributed by atoms with Crippen LogP contribution in [0.1, 0.15) is 99.4 Å². The largest absolute Gasteiger partial charge is 0.748 e. The summed E-state index contributed by atoms with van der Waals surface area (Å²) >= 11 is 1.88. The molecule has 20 heteroatoms. The molecule has 3 atom stereocenters. The van der Waals surface area contributed by atoms with Gasteiger partial charge in [0.25, 0.3) is 15.9 Å². The van der Waals surface area contributed by atoms with Crippen molar-refractivity contribution in [2.45, 2.75) is 119 Å². The molecule has 0 saturated carbocycles. The number of unbranched alkanes of at least 4 members (excludes halogenated alkanes) is 7. The fourth-order valence-corrected chi connectivity index (χ4v) is 12.4. The van der Waals surface area contributed by atoms with Gasteiger partial charge in [0.15, 0.2) is 0 Å².